The highest BCUT2D eigenvalue weighted by Gasteiger charge is 2.31. The molecule has 0 aromatic carbocycles. The van der Waals surface area contributed by atoms with E-state index >= 15 is 0 Å². The minimum absolute atomic E-state index is 0.157. The monoisotopic (exact) mass is 446 g/mol. The van der Waals surface area contributed by atoms with Crippen molar-refractivity contribution in [1.82, 2.24) is 29.7 Å². The Morgan fingerprint density at radius 3 is 2.75 bits per heavy atom. The van der Waals surface area contributed by atoms with Gasteiger partial charge in [-0.15, -0.1) is 11.8 Å². The van der Waals surface area contributed by atoms with E-state index in [1.165, 1.54) is 0 Å². The van der Waals surface area contributed by atoms with E-state index in [9.17, 15) is 4.79 Å². The summed E-state index contributed by atoms with van der Waals surface area (Å²) in [6.45, 7) is 2.10. The van der Waals surface area contributed by atoms with Crippen LogP contribution in [0.1, 0.15) is 54.8 Å². The van der Waals surface area contributed by atoms with Crippen molar-refractivity contribution < 1.29 is 9.32 Å². The van der Waals surface area contributed by atoms with E-state index in [-0.39, 0.29) is 11.7 Å². The van der Waals surface area contributed by atoms with Crippen molar-refractivity contribution in [1.29, 1.82) is 0 Å². The van der Waals surface area contributed by atoms with Crippen LogP contribution < -0.4 is 0 Å². The van der Waals surface area contributed by atoms with Crippen molar-refractivity contribution in [3.63, 3.8) is 0 Å². The van der Waals surface area contributed by atoms with Gasteiger partial charge < -0.3 is 9.09 Å². The second-order valence-electron chi connectivity index (χ2n) is 8.43. The summed E-state index contributed by atoms with van der Waals surface area (Å²) in [7, 11) is 1.93. The van der Waals surface area contributed by atoms with Crippen LogP contribution in [0.15, 0.2) is 33.9 Å². The van der Waals surface area contributed by atoms with Gasteiger partial charge in [0.25, 0.3) is 0 Å². The van der Waals surface area contributed by atoms with E-state index < -0.39 is 0 Å². The molecular weight excluding hydrogens is 424 g/mol. The highest BCUT2D eigenvalue weighted by atomic mass is 32.2. The number of imidazole rings is 1. The number of Topliss-reactive ketones (excluding diaryl/α,β-unsaturated/α-hetero) is 1. The van der Waals surface area contributed by atoms with E-state index in [0.29, 0.717) is 28.7 Å². The van der Waals surface area contributed by atoms with Crippen LogP contribution in [0.3, 0.4) is 0 Å². The standard InChI is InChI=1S/C23H22N6O2S/c1-3-32-17-9-15(20-27-23(31-28-20)13-6-7-13)11-24-18(17)22-26-16-8-14(19(30)12-4-5-12)10-25-21(16)29(22)2/h8-13H,3-7H2,1-2H3. The number of aryl methyl sites for hydroxylation is 1. The second kappa shape index (κ2) is 7.51. The van der Waals surface area contributed by atoms with Crippen LogP contribution in [0.2, 0.25) is 0 Å². The van der Waals surface area contributed by atoms with Gasteiger partial charge in [-0.3, -0.25) is 9.78 Å². The highest BCUT2D eigenvalue weighted by Crippen LogP contribution is 2.40. The first-order chi connectivity index (χ1) is 15.6. The van der Waals surface area contributed by atoms with Crippen LogP contribution in [-0.4, -0.2) is 41.2 Å². The molecule has 162 valence electrons. The number of rotatable bonds is 7. The number of fused-ring (bicyclic) bond motifs is 1. The summed E-state index contributed by atoms with van der Waals surface area (Å²) in [5.74, 6) is 3.63. The molecule has 8 nitrogen and oxygen atoms in total. The zero-order chi connectivity index (χ0) is 21.8. The molecule has 0 N–H and O–H groups in total. The first-order valence-corrected chi connectivity index (χ1v) is 11.9. The molecule has 2 aliphatic carbocycles. The zero-order valence-electron chi connectivity index (χ0n) is 17.9. The lowest BCUT2D eigenvalue weighted by Gasteiger charge is -2.08. The molecular formula is C23H22N6O2S. The molecule has 4 heterocycles. The maximum atomic E-state index is 12.5. The molecule has 2 aliphatic rings. The Labute approximate surface area is 188 Å². The molecule has 0 amide bonds. The summed E-state index contributed by atoms with van der Waals surface area (Å²) in [5, 5.41) is 4.15. The first kappa shape index (κ1) is 19.6. The van der Waals surface area contributed by atoms with Gasteiger partial charge in [0.15, 0.2) is 17.3 Å². The number of carbonyl (C=O) groups excluding carboxylic acids is 1. The Morgan fingerprint density at radius 2 is 2.00 bits per heavy atom. The van der Waals surface area contributed by atoms with Gasteiger partial charge in [-0.25, -0.2) is 9.97 Å². The SMILES string of the molecule is CCSc1cc(-c2noc(C3CC3)n2)cnc1-c1nc2cc(C(=O)C3CC3)cnc2n1C. The molecule has 0 spiro atoms. The lowest BCUT2D eigenvalue weighted by Crippen LogP contribution is -2.02. The van der Waals surface area contributed by atoms with Gasteiger partial charge in [-0.2, -0.15) is 4.98 Å². The quantitative estimate of drug-likeness (QED) is 0.298. The Bertz CT molecular complexity index is 1350. The topological polar surface area (TPSA) is 99.6 Å². The molecule has 4 aromatic heterocycles. The van der Waals surface area contributed by atoms with Crippen LogP contribution in [-0.2, 0) is 7.05 Å². The maximum Gasteiger partial charge on any atom is 0.230 e. The average molecular weight is 447 g/mol. The molecule has 0 saturated heterocycles. The number of pyridine rings is 2. The lowest BCUT2D eigenvalue weighted by atomic mass is 10.1. The minimum atomic E-state index is 0.157. The van der Waals surface area contributed by atoms with Crippen molar-refractivity contribution in [2.45, 2.75) is 43.4 Å². The summed E-state index contributed by atoms with van der Waals surface area (Å²) >= 11 is 1.69. The van der Waals surface area contributed by atoms with E-state index in [2.05, 4.69) is 22.0 Å². The van der Waals surface area contributed by atoms with Crippen LogP contribution in [0, 0.1) is 5.92 Å². The average Bonchev–Trinajstić information content (AvgIpc) is 3.75. The number of aromatic nitrogens is 6. The largest absolute Gasteiger partial charge is 0.339 e. The van der Waals surface area contributed by atoms with E-state index in [0.717, 1.165) is 59.1 Å². The van der Waals surface area contributed by atoms with Gasteiger partial charge in [0.05, 0.1) is 0 Å². The Balaban J connectivity index is 1.40. The minimum Gasteiger partial charge on any atom is -0.339 e. The number of thioether (sulfide) groups is 1. The molecule has 0 aliphatic heterocycles. The first-order valence-electron chi connectivity index (χ1n) is 11.0. The molecule has 4 aromatic rings. The molecule has 0 radical (unpaired) electrons. The van der Waals surface area contributed by atoms with Gasteiger partial charge in [0.2, 0.25) is 11.7 Å². The van der Waals surface area contributed by atoms with Crippen molar-refractivity contribution >= 4 is 28.7 Å². The third-order valence-corrected chi connectivity index (χ3v) is 6.84. The predicted octanol–water partition coefficient (Wildman–Crippen LogP) is 4.66. The molecule has 32 heavy (non-hydrogen) atoms. The number of nitrogens with zero attached hydrogens (tertiary/aromatic N) is 6. The predicted molar refractivity (Wildman–Crippen MR) is 120 cm³/mol. The summed E-state index contributed by atoms with van der Waals surface area (Å²) in [6.07, 6.45) is 7.61. The summed E-state index contributed by atoms with van der Waals surface area (Å²) < 4.78 is 7.35. The van der Waals surface area contributed by atoms with E-state index in [4.69, 9.17) is 14.5 Å². The summed E-state index contributed by atoms with van der Waals surface area (Å²) in [6, 6.07) is 3.90. The summed E-state index contributed by atoms with van der Waals surface area (Å²) in [4.78, 5) is 32.1. The van der Waals surface area contributed by atoms with Crippen LogP contribution in [0.5, 0.6) is 0 Å². The molecule has 2 fully saturated rings. The molecule has 0 bridgehead atoms. The van der Waals surface area contributed by atoms with E-state index in [1.807, 2.05) is 23.7 Å². The van der Waals surface area contributed by atoms with Crippen LogP contribution in [0.25, 0.3) is 34.1 Å². The van der Waals surface area contributed by atoms with Crippen LogP contribution in [0.4, 0.5) is 0 Å². The zero-order valence-corrected chi connectivity index (χ0v) is 18.7. The Kier molecular flexibility index (Phi) is 4.60. The highest BCUT2D eigenvalue weighted by molar-refractivity contribution is 7.99. The third kappa shape index (κ3) is 3.40. The van der Waals surface area contributed by atoms with Crippen LogP contribution >= 0.6 is 11.8 Å². The van der Waals surface area contributed by atoms with E-state index in [1.54, 1.807) is 24.2 Å². The van der Waals surface area contributed by atoms with Crippen molar-refractivity contribution in [2.75, 3.05) is 5.75 Å². The van der Waals surface area contributed by atoms with Gasteiger partial charge in [0, 0.05) is 47.3 Å². The molecule has 9 heteroatoms. The molecule has 6 rings (SSSR count). The normalized spacial score (nSPS) is 16.1. The molecule has 0 atom stereocenters. The summed E-state index contributed by atoms with van der Waals surface area (Å²) in [5.41, 5.74) is 3.69. The third-order valence-electron chi connectivity index (χ3n) is 5.93. The fraction of sp³-hybridized carbons (Fsp3) is 0.391. The Morgan fingerprint density at radius 1 is 1.16 bits per heavy atom. The van der Waals surface area contributed by atoms with Gasteiger partial charge in [-0.1, -0.05) is 12.1 Å². The van der Waals surface area contributed by atoms with Crippen molar-refractivity contribution in [2.24, 2.45) is 13.0 Å². The van der Waals surface area contributed by atoms with Gasteiger partial charge >= 0.3 is 0 Å². The smallest absolute Gasteiger partial charge is 0.230 e. The number of ketones is 1. The van der Waals surface area contributed by atoms with Crippen molar-refractivity contribution in [3.8, 4) is 22.9 Å². The van der Waals surface area contributed by atoms with Gasteiger partial charge in [-0.05, 0) is 43.6 Å². The van der Waals surface area contributed by atoms with Crippen molar-refractivity contribution in [3.05, 3.63) is 36.0 Å². The fourth-order valence-electron chi connectivity index (χ4n) is 3.85. The fourth-order valence-corrected chi connectivity index (χ4v) is 4.65. The lowest BCUT2D eigenvalue weighted by molar-refractivity contribution is 0.0967. The second-order valence-corrected chi connectivity index (χ2v) is 9.74. The number of carbonyl (C=O) groups is 1. The Hall–Kier alpha value is -3.07. The molecule has 2 saturated carbocycles. The maximum absolute atomic E-state index is 12.5. The number of hydrogen-bond donors (Lipinski definition) is 0. The molecule has 0 unspecified atom stereocenters. The van der Waals surface area contributed by atoms with Gasteiger partial charge in [0.1, 0.15) is 11.2 Å². The number of hydrogen-bond acceptors (Lipinski definition) is 8.